The fraction of sp³-hybridized carbons (Fsp3) is 0.143. The quantitative estimate of drug-likeness (QED) is 0.850. The van der Waals surface area contributed by atoms with E-state index in [9.17, 15) is 13.2 Å². The summed E-state index contributed by atoms with van der Waals surface area (Å²) in [5, 5.41) is 5.55. The molecule has 0 aliphatic heterocycles. The molecule has 0 saturated carbocycles. The van der Waals surface area contributed by atoms with Crippen molar-refractivity contribution in [1.29, 1.82) is 0 Å². The van der Waals surface area contributed by atoms with Crippen LogP contribution in [0.15, 0.2) is 48.8 Å². The first-order valence-electron chi connectivity index (χ1n) is 6.07. The molecule has 1 aromatic carbocycles. The molecule has 1 aromatic heterocycles. The number of hydrogen-bond donors (Lipinski definition) is 2. The van der Waals surface area contributed by atoms with Crippen LogP contribution in [0.4, 0.5) is 18.9 Å². The number of nitrogens with zero attached hydrogens (tertiary/aromatic N) is 1. The second-order valence-corrected chi connectivity index (χ2v) is 4.61. The van der Waals surface area contributed by atoms with Gasteiger partial charge in [-0.3, -0.25) is 4.98 Å². The van der Waals surface area contributed by atoms with E-state index >= 15 is 0 Å². The van der Waals surface area contributed by atoms with Crippen LogP contribution in [0.1, 0.15) is 11.1 Å². The number of alkyl halides is 3. The Morgan fingerprint density at radius 1 is 1.10 bits per heavy atom. The predicted octanol–water partition coefficient (Wildman–Crippen LogP) is 3.59. The Balaban J connectivity index is 2.00. The molecule has 0 bridgehead atoms. The first-order chi connectivity index (χ1) is 9.97. The van der Waals surface area contributed by atoms with Gasteiger partial charge >= 0.3 is 6.18 Å². The fourth-order valence-corrected chi connectivity index (χ4v) is 1.87. The number of thiocarbonyl (C=S) groups is 1. The molecule has 1 heterocycles. The van der Waals surface area contributed by atoms with Gasteiger partial charge in [-0.25, -0.2) is 0 Å². The highest BCUT2D eigenvalue weighted by Gasteiger charge is 2.33. The molecule has 2 rings (SSSR count). The number of aromatic nitrogens is 1. The highest BCUT2D eigenvalue weighted by molar-refractivity contribution is 7.80. The molecule has 0 atom stereocenters. The van der Waals surface area contributed by atoms with Crippen molar-refractivity contribution in [3.05, 3.63) is 59.9 Å². The van der Waals surface area contributed by atoms with Gasteiger partial charge in [0, 0.05) is 18.9 Å². The molecular weight excluding hydrogens is 299 g/mol. The number of para-hydroxylation sites is 1. The Morgan fingerprint density at radius 2 is 1.76 bits per heavy atom. The van der Waals surface area contributed by atoms with E-state index in [1.165, 1.54) is 18.2 Å². The Kier molecular flexibility index (Phi) is 4.74. The minimum Gasteiger partial charge on any atom is -0.358 e. The van der Waals surface area contributed by atoms with E-state index < -0.39 is 11.7 Å². The molecule has 0 radical (unpaired) electrons. The van der Waals surface area contributed by atoms with Crippen LogP contribution in [-0.2, 0) is 12.7 Å². The highest BCUT2D eigenvalue weighted by atomic mass is 32.1. The molecule has 21 heavy (non-hydrogen) atoms. The molecule has 2 aromatic rings. The average Bonchev–Trinajstić information content (AvgIpc) is 2.46. The molecule has 0 fully saturated rings. The summed E-state index contributed by atoms with van der Waals surface area (Å²) in [4.78, 5) is 3.88. The molecule has 0 unspecified atom stereocenters. The zero-order valence-electron chi connectivity index (χ0n) is 10.8. The van der Waals surface area contributed by atoms with E-state index in [-0.39, 0.29) is 10.8 Å². The first-order valence-corrected chi connectivity index (χ1v) is 6.47. The van der Waals surface area contributed by atoms with Crippen LogP contribution >= 0.6 is 12.2 Å². The number of rotatable bonds is 3. The normalized spacial score (nSPS) is 11.0. The van der Waals surface area contributed by atoms with E-state index in [1.54, 1.807) is 24.5 Å². The maximum absolute atomic E-state index is 12.8. The Hall–Kier alpha value is -2.15. The van der Waals surface area contributed by atoms with Gasteiger partial charge in [0.25, 0.3) is 0 Å². The third kappa shape index (κ3) is 4.42. The van der Waals surface area contributed by atoms with Gasteiger partial charge < -0.3 is 10.6 Å². The van der Waals surface area contributed by atoms with Gasteiger partial charge in [0.05, 0.1) is 11.3 Å². The Labute approximate surface area is 125 Å². The van der Waals surface area contributed by atoms with E-state index in [4.69, 9.17) is 12.2 Å². The molecule has 0 spiro atoms. The molecule has 2 N–H and O–H groups in total. The van der Waals surface area contributed by atoms with Gasteiger partial charge in [-0.15, -0.1) is 0 Å². The average molecular weight is 311 g/mol. The van der Waals surface area contributed by atoms with Crippen molar-refractivity contribution >= 4 is 23.0 Å². The van der Waals surface area contributed by atoms with Crippen molar-refractivity contribution in [3.63, 3.8) is 0 Å². The van der Waals surface area contributed by atoms with E-state index in [1.807, 2.05) is 0 Å². The number of halogens is 3. The predicted molar refractivity (Wildman–Crippen MR) is 78.7 cm³/mol. The summed E-state index contributed by atoms with van der Waals surface area (Å²) in [6.45, 7) is 0.405. The van der Waals surface area contributed by atoms with E-state index in [0.29, 0.717) is 6.54 Å². The van der Waals surface area contributed by atoms with Crippen molar-refractivity contribution in [2.24, 2.45) is 0 Å². The Bertz CT molecular complexity index is 614. The molecule has 3 nitrogen and oxygen atoms in total. The maximum atomic E-state index is 12.8. The summed E-state index contributed by atoms with van der Waals surface area (Å²) in [6.07, 6.45) is -1.16. The summed E-state index contributed by atoms with van der Waals surface area (Å²) in [7, 11) is 0. The van der Waals surface area contributed by atoms with E-state index in [0.717, 1.165) is 11.6 Å². The van der Waals surface area contributed by atoms with Crippen LogP contribution in [0.5, 0.6) is 0 Å². The molecule has 0 saturated heterocycles. The van der Waals surface area contributed by atoms with Crippen LogP contribution in [0.3, 0.4) is 0 Å². The zero-order valence-corrected chi connectivity index (χ0v) is 11.6. The number of hydrogen-bond acceptors (Lipinski definition) is 2. The largest absolute Gasteiger partial charge is 0.418 e. The van der Waals surface area contributed by atoms with Crippen LogP contribution in [-0.4, -0.2) is 10.1 Å². The lowest BCUT2D eigenvalue weighted by Crippen LogP contribution is -2.28. The highest BCUT2D eigenvalue weighted by Crippen LogP contribution is 2.34. The fourth-order valence-electron chi connectivity index (χ4n) is 1.69. The minimum absolute atomic E-state index is 0.0720. The summed E-state index contributed by atoms with van der Waals surface area (Å²) < 4.78 is 38.5. The maximum Gasteiger partial charge on any atom is 0.418 e. The van der Waals surface area contributed by atoms with E-state index in [2.05, 4.69) is 15.6 Å². The Morgan fingerprint density at radius 3 is 2.43 bits per heavy atom. The lowest BCUT2D eigenvalue weighted by atomic mass is 10.1. The molecule has 110 valence electrons. The van der Waals surface area contributed by atoms with Crippen molar-refractivity contribution in [2.75, 3.05) is 5.32 Å². The molecule has 0 aliphatic rings. The minimum atomic E-state index is -4.43. The SMILES string of the molecule is FC(F)(F)c1ccccc1NC(=S)NCc1ccncc1. The standard InChI is InChI=1S/C14H12F3N3S/c15-14(16,17)11-3-1-2-4-12(11)20-13(21)19-9-10-5-7-18-8-6-10/h1-8H,9H2,(H2,19,20,21). The second-order valence-electron chi connectivity index (χ2n) is 4.21. The summed E-state index contributed by atoms with van der Waals surface area (Å²) in [6, 6.07) is 8.78. The van der Waals surface area contributed by atoms with Crippen LogP contribution in [0.25, 0.3) is 0 Å². The molecule has 0 aliphatic carbocycles. The molecular formula is C14H12F3N3S. The van der Waals surface area contributed by atoms with Crippen LogP contribution < -0.4 is 10.6 Å². The van der Waals surface area contributed by atoms with Crippen LogP contribution in [0.2, 0.25) is 0 Å². The van der Waals surface area contributed by atoms with Gasteiger partial charge in [-0.1, -0.05) is 12.1 Å². The monoisotopic (exact) mass is 311 g/mol. The van der Waals surface area contributed by atoms with Crippen molar-refractivity contribution < 1.29 is 13.2 Å². The second kappa shape index (κ2) is 6.53. The van der Waals surface area contributed by atoms with Gasteiger partial charge in [0.1, 0.15) is 0 Å². The molecule has 7 heteroatoms. The van der Waals surface area contributed by atoms with Crippen molar-refractivity contribution in [3.8, 4) is 0 Å². The number of pyridine rings is 1. The summed E-state index contributed by atoms with van der Waals surface area (Å²) in [5.41, 5.74) is 0.105. The van der Waals surface area contributed by atoms with Gasteiger partial charge in [-0.2, -0.15) is 13.2 Å². The smallest absolute Gasteiger partial charge is 0.358 e. The van der Waals surface area contributed by atoms with Gasteiger partial charge in [0.15, 0.2) is 5.11 Å². The topological polar surface area (TPSA) is 37.0 Å². The first kappa shape index (κ1) is 15.2. The van der Waals surface area contributed by atoms with Crippen molar-refractivity contribution in [2.45, 2.75) is 12.7 Å². The summed E-state index contributed by atoms with van der Waals surface area (Å²) in [5.74, 6) is 0. The number of nitrogens with one attached hydrogen (secondary N) is 2. The number of anilines is 1. The lowest BCUT2D eigenvalue weighted by Gasteiger charge is -2.15. The number of benzene rings is 1. The third-order valence-corrected chi connectivity index (χ3v) is 2.93. The summed E-state index contributed by atoms with van der Waals surface area (Å²) >= 11 is 5.01. The zero-order chi connectivity index (χ0) is 15.3. The van der Waals surface area contributed by atoms with Gasteiger partial charge in [0.2, 0.25) is 0 Å². The van der Waals surface area contributed by atoms with Crippen molar-refractivity contribution in [1.82, 2.24) is 10.3 Å². The lowest BCUT2D eigenvalue weighted by molar-refractivity contribution is -0.136. The third-order valence-electron chi connectivity index (χ3n) is 2.68. The molecule has 0 amide bonds. The van der Waals surface area contributed by atoms with Crippen LogP contribution in [0, 0.1) is 0 Å². The van der Waals surface area contributed by atoms with Gasteiger partial charge in [-0.05, 0) is 42.0 Å².